The van der Waals surface area contributed by atoms with Crippen molar-refractivity contribution in [1.29, 1.82) is 0 Å². The molecule has 0 saturated heterocycles. The van der Waals surface area contributed by atoms with Crippen LogP contribution < -0.4 is 0 Å². The third kappa shape index (κ3) is 2.31. The van der Waals surface area contributed by atoms with Gasteiger partial charge in [-0.1, -0.05) is 84.2 Å². The van der Waals surface area contributed by atoms with Crippen LogP contribution in [0.5, 0.6) is 0 Å². The van der Waals surface area contributed by atoms with E-state index in [4.69, 9.17) is 23.2 Å². The Bertz CT molecular complexity index is 712. The number of fused-ring (bicyclic) bond motifs is 1. The molecular formula is C19H18Cl2. The number of rotatable bonds is 2. The Balaban J connectivity index is 2.21. The van der Waals surface area contributed by atoms with Gasteiger partial charge in [0, 0.05) is 5.92 Å². The largest absolute Gasteiger partial charge is 0.168 e. The number of halogens is 2. The summed E-state index contributed by atoms with van der Waals surface area (Å²) in [4.78, 5) is 0. The van der Waals surface area contributed by atoms with E-state index in [1.165, 1.54) is 22.3 Å². The number of alkyl halides is 2. The first-order valence-electron chi connectivity index (χ1n) is 7.18. The zero-order chi connectivity index (χ0) is 15.2. The minimum Gasteiger partial charge on any atom is -0.0909 e. The fraction of sp³-hybridized carbons (Fsp3) is 0.263. The van der Waals surface area contributed by atoms with Gasteiger partial charge in [-0.3, -0.25) is 0 Å². The smallest absolute Gasteiger partial charge is 0.0909 e. The van der Waals surface area contributed by atoms with Crippen LogP contribution in [0, 0.1) is 6.92 Å². The Hall–Kier alpha value is -1.24. The van der Waals surface area contributed by atoms with Gasteiger partial charge in [0.25, 0.3) is 0 Å². The molecule has 0 radical (unpaired) electrons. The second-order valence-electron chi connectivity index (χ2n) is 5.81. The van der Waals surface area contributed by atoms with Crippen molar-refractivity contribution >= 4 is 29.3 Å². The maximum Gasteiger partial charge on any atom is 0.168 e. The Labute approximate surface area is 136 Å². The lowest BCUT2D eigenvalue weighted by molar-refractivity contribution is 0.877. The van der Waals surface area contributed by atoms with Gasteiger partial charge in [0.05, 0.1) is 0 Å². The lowest BCUT2D eigenvalue weighted by atomic mass is 9.88. The van der Waals surface area contributed by atoms with Gasteiger partial charge < -0.3 is 0 Å². The molecule has 108 valence electrons. The summed E-state index contributed by atoms with van der Waals surface area (Å²) in [6.07, 6.45) is 2.26. The summed E-state index contributed by atoms with van der Waals surface area (Å²) in [5, 5.41) is 0. The number of benzene rings is 2. The molecule has 1 unspecified atom stereocenters. The minimum atomic E-state index is -1.02. The van der Waals surface area contributed by atoms with Crippen molar-refractivity contribution in [1.82, 2.24) is 0 Å². The van der Waals surface area contributed by atoms with E-state index in [2.05, 4.69) is 39.0 Å². The summed E-state index contributed by atoms with van der Waals surface area (Å²) < 4.78 is -1.02. The lowest BCUT2D eigenvalue weighted by Gasteiger charge is -2.26. The standard InChI is InChI=1S/C19H18Cl2/c1-12-9-10-17(18-14(3)13(2)11-16(12)18)19(20,21)15-7-5-4-6-8-15/h4-11,14H,1-3H3. The highest BCUT2D eigenvalue weighted by molar-refractivity contribution is 6.50. The zero-order valence-electron chi connectivity index (χ0n) is 12.5. The molecule has 0 spiro atoms. The number of hydrogen-bond acceptors (Lipinski definition) is 0. The van der Waals surface area contributed by atoms with E-state index >= 15 is 0 Å². The highest BCUT2D eigenvalue weighted by Gasteiger charge is 2.35. The normalized spacial score (nSPS) is 17.6. The highest BCUT2D eigenvalue weighted by atomic mass is 35.5. The fourth-order valence-corrected chi connectivity index (χ4v) is 3.64. The van der Waals surface area contributed by atoms with Crippen LogP contribution in [0.25, 0.3) is 6.08 Å². The molecule has 1 atom stereocenters. The van der Waals surface area contributed by atoms with Crippen LogP contribution >= 0.6 is 23.2 Å². The summed E-state index contributed by atoms with van der Waals surface area (Å²) in [6, 6.07) is 14.1. The maximum absolute atomic E-state index is 6.78. The summed E-state index contributed by atoms with van der Waals surface area (Å²) in [5.41, 5.74) is 7.09. The molecule has 0 aromatic heterocycles. The monoisotopic (exact) mass is 316 g/mol. The van der Waals surface area contributed by atoms with Crippen molar-refractivity contribution in [2.45, 2.75) is 31.0 Å². The first kappa shape index (κ1) is 14.7. The van der Waals surface area contributed by atoms with Crippen molar-refractivity contribution in [2.75, 3.05) is 0 Å². The molecule has 0 bridgehead atoms. The number of allylic oxidation sites excluding steroid dienone is 1. The van der Waals surface area contributed by atoms with Crippen LogP contribution in [-0.2, 0) is 4.33 Å². The fourth-order valence-electron chi connectivity index (χ4n) is 3.06. The molecular weight excluding hydrogens is 299 g/mol. The number of aryl methyl sites for hydroxylation is 1. The van der Waals surface area contributed by atoms with Gasteiger partial charge in [-0.15, -0.1) is 0 Å². The third-order valence-electron chi connectivity index (χ3n) is 4.47. The molecule has 0 N–H and O–H groups in total. The van der Waals surface area contributed by atoms with E-state index in [1.54, 1.807) is 0 Å². The van der Waals surface area contributed by atoms with E-state index in [-0.39, 0.29) is 0 Å². The van der Waals surface area contributed by atoms with Crippen LogP contribution in [0.1, 0.15) is 47.6 Å². The molecule has 2 aromatic rings. The Morgan fingerprint density at radius 3 is 2.29 bits per heavy atom. The minimum absolute atomic E-state index is 0.357. The number of hydrogen-bond donors (Lipinski definition) is 0. The summed E-state index contributed by atoms with van der Waals surface area (Å²) in [6.45, 7) is 6.52. The Morgan fingerprint density at radius 2 is 1.62 bits per heavy atom. The highest BCUT2D eigenvalue weighted by Crippen LogP contribution is 2.49. The zero-order valence-corrected chi connectivity index (χ0v) is 14.0. The predicted molar refractivity (Wildman–Crippen MR) is 92.2 cm³/mol. The van der Waals surface area contributed by atoms with Gasteiger partial charge in [-0.05, 0) is 41.7 Å². The van der Waals surface area contributed by atoms with E-state index in [0.717, 1.165) is 11.1 Å². The summed E-state index contributed by atoms with van der Waals surface area (Å²) in [5.74, 6) is 0.357. The second-order valence-corrected chi connectivity index (χ2v) is 7.14. The van der Waals surface area contributed by atoms with Gasteiger partial charge >= 0.3 is 0 Å². The molecule has 0 nitrogen and oxygen atoms in total. The molecule has 0 heterocycles. The third-order valence-corrected chi connectivity index (χ3v) is 5.31. The molecule has 2 aromatic carbocycles. The predicted octanol–water partition coefficient (Wildman–Crippen LogP) is 6.19. The molecule has 3 rings (SSSR count). The van der Waals surface area contributed by atoms with Crippen molar-refractivity contribution in [3.8, 4) is 0 Å². The van der Waals surface area contributed by atoms with E-state index in [1.807, 2.05) is 30.3 Å². The first-order chi connectivity index (χ1) is 9.93. The average Bonchev–Trinajstić information content (AvgIpc) is 2.77. The van der Waals surface area contributed by atoms with Crippen LogP contribution in [0.4, 0.5) is 0 Å². The summed E-state index contributed by atoms with van der Waals surface area (Å²) >= 11 is 13.6. The van der Waals surface area contributed by atoms with Crippen molar-refractivity contribution in [3.63, 3.8) is 0 Å². The SMILES string of the molecule is CC1=Cc2c(C)ccc(C(Cl)(Cl)c3ccccc3)c2C1C. The van der Waals surface area contributed by atoms with E-state index in [9.17, 15) is 0 Å². The van der Waals surface area contributed by atoms with Gasteiger partial charge in [-0.25, -0.2) is 0 Å². The topological polar surface area (TPSA) is 0 Å². The van der Waals surface area contributed by atoms with Gasteiger partial charge in [-0.2, -0.15) is 0 Å². The lowest BCUT2D eigenvalue weighted by Crippen LogP contribution is -2.16. The quantitative estimate of drug-likeness (QED) is 0.579. The second kappa shape index (κ2) is 5.19. The Morgan fingerprint density at radius 1 is 0.952 bits per heavy atom. The van der Waals surface area contributed by atoms with E-state index in [0.29, 0.717) is 5.92 Å². The van der Waals surface area contributed by atoms with Crippen LogP contribution in [-0.4, -0.2) is 0 Å². The molecule has 1 aliphatic carbocycles. The van der Waals surface area contributed by atoms with Crippen LogP contribution in [0.2, 0.25) is 0 Å². The Kier molecular flexibility index (Phi) is 3.63. The maximum atomic E-state index is 6.78. The molecule has 21 heavy (non-hydrogen) atoms. The molecule has 0 aliphatic heterocycles. The molecule has 2 heteroatoms. The van der Waals surface area contributed by atoms with Crippen molar-refractivity contribution < 1.29 is 0 Å². The summed E-state index contributed by atoms with van der Waals surface area (Å²) in [7, 11) is 0. The average molecular weight is 317 g/mol. The first-order valence-corrected chi connectivity index (χ1v) is 7.94. The van der Waals surface area contributed by atoms with E-state index < -0.39 is 4.33 Å². The van der Waals surface area contributed by atoms with Gasteiger partial charge in [0.1, 0.15) is 0 Å². The van der Waals surface area contributed by atoms with Crippen LogP contribution in [0.15, 0.2) is 48.0 Å². The molecule has 0 saturated carbocycles. The molecule has 0 amide bonds. The van der Waals surface area contributed by atoms with Crippen molar-refractivity contribution in [2.24, 2.45) is 0 Å². The van der Waals surface area contributed by atoms with Crippen LogP contribution in [0.3, 0.4) is 0 Å². The molecule has 0 fully saturated rings. The van der Waals surface area contributed by atoms with Gasteiger partial charge in [0.15, 0.2) is 4.33 Å². The van der Waals surface area contributed by atoms with Crippen molar-refractivity contribution in [3.05, 3.63) is 75.9 Å². The molecule has 1 aliphatic rings. The van der Waals surface area contributed by atoms with Gasteiger partial charge in [0.2, 0.25) is 0 Å².